The van der Waals surface area contributed by atoms with E-state index < -0.39 is 34.6 Å². The molecule has 0 saturated carbocycles. The Balaban J connectivity index is 2.19. The van der Waals surface area contributed by atoms with Gasteiger partial charge in [0, 0.05) is 0 Å². The SMILES string of the molecule is CCCC1(O)CN(C(=O)c2cccc(C(F)(F)F)c2F)C1. The van der Waals surface area contributed by atoms with E-state index in [0.29, 0.717) is 12.5 Å². The summed E-state index contributed by atoms with van der Waals surface area (Å²) in [4.78, 5) is 13.2. The zero-order valence-electron chi connectivity index (χ0n) is 11.4. The molecule has 21 heavy (non-hydrogen) atoms. The molecular formula is C14H15F4NO2. The first kappa shape index (κ1) is 15.8. The summed E-state index contributed by atoms with van der Waals surface area (Å²) in [5, 5.41) is 9.96. The number of amides is 1. The van der Waals surface area contributed by atoms with Crippen LogP contribution in [0, 0.1) is 5.82 Å². The predicted molar refractivity (Wildman–Crippen MR) is 67.2 cm³/mol. The number of hydrogen-bond donors (Lipinski definition) is 1. The number of halogens is 4. The van der Waals surface area contributed by atoms with E-state index in [1.54, 1.807) is 0 Å². The lowest BCUT2D eigenvalue weighted by Gasteiger charge is -2.46. The minimum atomic E-state index is -4.85. The number of likely N-dealkylation sites (tertiary alicyclic amines) is 1. The molecule has 1 heterocycles. The number of alkyl halides is 3. The maximum absolute atomic E-state index is 13.9. The van der Waals surface area contributed by atoms with Crippen molar-refractivity contribution in [3.8, 4) is 0 Å². The van der Waals surface area contributed by atoms with E-state index in [1.807, 2.05) is 6.92 Å². The fraction of sp³-hybridized carbons (Fsp3) is 0.500. The molecule has 1 aromatic carbocycles. The first-order valence-corrected chi connectivity index (χ1v) is 6.55. The third kappa shape index (κ3) is 3.02. The molecule has 1 aromatic rings. The van der Waals surface area contributed by atoms with Crippen LogP contribution < -0.4 is 0 Å². The number of benzene rings is 1. The second kappa shape index (κ2) is 5.29. The van der Waals surface area contributed by atoms with Crippen molar-refractivity contribution in [1.29, 1.82) is 0 Å². The van der Waals surface area contributed by atoms with Gasteiger partial charge in [-0.3, -0.25) is 4.79 Å². The summed E-state index contributed by atoms with van der Waals surface area (Å²) in [5.74, 6) is -2.40. The normalized spacial score (nSPS) is 17.5. The predicted octanol–water partition coefficient (Wildman–Crippen LogP) is 2.83. The minimum Gasteiger partial charge on any atom is -0.386 e. The maximum Gasteiger partial charge on any atom is 0.419 e. The lowest BCUT2D eigenvalue weighted by Crippen LogP contribution is -2.63. The quantitative estimate of drug-likeness (QED) is 0.872. The van der Waals surface area contributed by atoms with Crippen molar-refractivity contribution in [1.82, 2.24) is 4.90 Å². The highest BCUT2D eigenvalue weighted by atomic mass is 19.4. The lowest BCUT2D eigenvalue weighted by atomic mass is 9.88. The molecule has 1 amide bonds. The molecule has 1 saturated heterocycles. The minimum absolute atomic E-state index is 0.00928. The molecule has 1 aliphatic rings. The number of rotatable bonds is 3. The van der Waals surface area contributed by atoms with E-state index in [2.05, 4.69) is 0 Å². The molecular weight excluding hydrogens is 290 g/mol. The van der Waals surface area contributed by atoms with Gasteiger partial charge < -0.3 is 10.0 Å². The molecule has 1 fully saturated rings. The Morgan fingerprint density at radius 3 is 2.52 bits per heavy atom. The summed E-state index contributed by atoms with van der Waals surface area (Å²) in [6.45, 7) is 1.89. The zero-order valence-corrected chi connectivity index (χ0v) is 11.4. The second-order valence-electron chi connectivity index (χ2n) is 5.30. The van der Waals surface area contributed by atoms with Gasteiger partial charge in [0.15, 0.2) is 0 Å². The van der Waals surface area contributed by atoms with Gasteiger partial charge in [-0.25, -0.2) is 4.39 Å². The summed E-state index contributed by atoms with van der Waals surface area (Å²) in [6, 6.07) is 2.61. The van der Waals surface area contributed by atoms with Crippen LogP contribution in [0.3, 0.4) is 0 Å². The molecule has 1 N–H and O–H groups in total. The van der Waals surface area contributed by atoms with Gasteiger partial charge >= 0.3 is 6.18 Å². The van der Waals surface area contributed by atoms with Gasteiger partial charge in [-0.15, -0.1) is 0 Å². The maximum atomic E-state index is 13.9. The summed E-state index contributed by atoms with van der Waals surface area (Å²) in [6.07, 6.45) is -3.64. The van der Waals surface area contributed by atoms with Crippen molar-refractivity contribution in [2.45, 2.75) is 31.5 Å². The number of nitrogens with zero attached hydrogens (tertiary/aromatic N) is 1. The van der Waals surface area contributed by atoms with Gasteiger partial charge in [0.2, 0.25) is 0 Å². The summed E-state index contributed by atoms with van der Waals surface area (Å²) in [5.41, 5.74) is -3.09. The van der Waals surface area contributed by atoms with Crippen LogP contribution in [0.4, 0.5) is 17.6 Å². The highest BCUT2D eigenvalue weighted by Gasteiger charge is 2.44. The molecule has 0 spiro atoms. The van der Waals surface area contributed by atoms with Crippen LogP contribution in [-0.4, -0.2) is 34.6 Å². The Kier molecular flexibility index (Phi) is 3.97. The molecule has 0 aromatic heterocycles. The Morgan fingerprint density at radius 1 is 1.38 bits per heavy atom. The van der Waals surface area contributed by atoms with Gasteiger partial charge in [0.25, 0.3) is 5.91 Å². The Morgan fingerprint density at radius 2 is 2.00 bits per heavy atom. The van der Waals surface area contributed by atoms with E-state index in [-0.39, 0.29) is 13.1 Å². The van der Waals surface area contributed by atoms with Gasteiger partial charge in [-0.1, -0.05) is 19.4 Å². The number of carbonyl (C=O) groups excluding carboxylic acids is 1. The first-order valence-electron chi connectivity index (χ1n) is 6.55. The van der Waals surface area contributed by atoms with Crippen LogP contribution in [-0.2, 0) is 6.18 Å². The molecule has 0 unspecified atom stereocenters. The topological polar surface area (TPSA) is 40.5 Å². The molecule has 0 bridgehead atoms. The highest BCUT2D eigenvalue weighted by molar-refractivity contribution is 5.95. The fourth-order valence-electron chi connectivity index (χ4n) is 2.52. The third-order valence-corrected chi connectivity index (χ3v) is 3.51. The van der Waals surface area contributed by atoms with Crippen molar-refractivity contribution < 1.29 is 27.5 Å². The number of carbonyl (C=O) groups is 1. The second-order valence-corrected chi connectivity index (χ2v) is 5.30. The highest BCUT2D eigenvalue weighted by Crippen LogP contribution is 2.34. The fourth-order valence-corrected chi connectivity index (χ4v) is 2.52. The molecule has 0 radical (unpaired) electrons. The van der Waals surface area contributed by atoms with Gasteiger partial charge in [0.1, 0.15) is 5.82 Å². The number of hydrogen-bond acceptors (Lipinski definition) is 2. The summed E-state index contributed by atoms with van der Waals surface area (Å²) >= 11 is 0. The van der Waals surface area contributed by atoms with E-state index in [9.17, 15) is 27.5 Å². The van der Waals surface area contributed by atoms with Crippen molar-refractivity contribution in [3.63, 3.8) is 0 Å². The zero-order chi connectivity index (χ0) is 15.8. The van der Waals surface area contributed by atoms with Crippen LogP contribution in [0.2, 0.25) is 0 Å². The molecule has 2 rings (SSSR count). The molecule has 1 aliphatic heterocycles. The third-order valence-electron chi connectivity index (χ3n) is 3.51. The summed E-state index contributed by atoms with van der Waals surface area (Å²) in [7, 11) is 0. The van der Waals surface area contributed by atoms with Crippen molar-refractivity contribution >= 4 is 5.91 Å². The van der Waals surface area contributed by atoms with Crippen molar-refractivity contribution in [2.24, 2.45) is 0 Å². The van der Waals surface area contributed by atoms with Crippen molar-refractivity contribution in [3.05, 3.63) is 35.1 Å². The van der Waals surface area contributed by atoms with Crippen LogP contribution in [0.25, 0.3) is 0 Å². The lowest BCUT2D eigenvalue weighted by molar-refractivity contribution is -0.140. The molecule has 7 heteroatoms. The molecule has 0 aliphatic carbocycles. The molecule has 116 valence electrons. The Bertz CT molecular complexity index is 550. The average Bonchev–Trinajstić information content (AvgIpc) is 2.34. The van der Waals surface area contributed by atoms with Crippen LogP contribution >= 0.6 is 0 Å². The summed E-state index contributed by atoms with van der Waals surface area (Å²) < 4.78 is 51.7. The van der Waals surface area contributed by atoms with Crippen LogP contribution in [0.5, 0.6) is 0 Å². The first-order chi connectivity index (χ1) is 9.68. The van der Waals surface area contributed by atoms with Gasteiger partial charge in [0.05, 0.1) is 29.8 Å². The van der Waals surface area contributed by atoms with Crippen LogP contribution in [0.15, 0.2) is 18.2 Å². The Hall–Kier alpha value is -1.63. The van der Waals surface area contributed by atoms with E-state index >= 15 is 0 Å². The van der Waals surface area contributed by atoms with E-state index in [1.165, 1.54) is 0 Å². The average molecular weight is 305 g/mol. The van der Waals surface area contributed by atoms with Crippen LogP contribution in [0.1, 0.15) is 35.7 Å². The van der Waals surface area contributed by atoms with E-state index in [4.69, 9.17) is 0 Å². The van der Waals surface area contributed by atoms with Gasteiger partial charge in [-0.05, 0) is 18.6 Å². The van der Waals surface area contributed by atoms with E-state index in [0.717, 1.165) is 23.5 Å². The standard InChI is InChI=1S/C14H15F4NO2/c1-2-6-13(21)7-19(8-13)12(20)9-4-3-5-10(11(9)15)14(16,17)18/h3-5,21H,2,6-8H2,1H3. The Labute approximate surface area is 119 Å². The molecule has 0 atom stereocenters. The number of β-amino-alcohol motifs (C(OH)–C–C–N with tert-alkyl or cyclic N) is 1. The number of aliphatic hydroxyl groups is 1. The van der Waals surface area contributed by atoms with Gasteiger partial charge in [-0.2, -0.15) is 13.2 Å². The van der Waals surface area contributed by atoms with Crippen molar-refractivity contribution in [2.75, 3.05) is 13.1 Å². The molecule has 3 nitrogen and oxygen atoms in total. The smallest absolute Gasteiger partial charge is 0.386 e. The largest absolute Gasteiger partial charge is 0.419 e. The monoisotopic (exact) mass is 305 g/mol.